The van der Waals surface area contributed by atoms with Gasteiger partial charge in [-0.15, -0.1) is 0 Å². The van der Waals surface area contributed by atoms with E-state index in [9.17, 15) is 4.79 Å². The van der Waals surface area contributed by atoms with E-state index in [0.29, 0.717) is 11.5 Å². The quantitative estimate of drug-likeness (QED) is 0.565. The number of hydrogen-bond acceptors (Lipinski definition) is 5. The Kier molecular flexibility index (Phi) is 6.04. The second-order valence-corrected chi connectivity index (χ2v) is 9.06. The maximum absolute atomic E-state index is 13.0. The van der Waals surface area contributed by atoms with Crippen LogP contribution < -0.4 is 10.6 Å². The maximum atomic E-state index is 13.0. The van der Waals surface area contributed by atoms with Gasteiger partial charge in [0.05, 0.1) is 23.0 Å². The fourth-order valence-electron chi connectivity index (χ4n) is 3.68. The fraction of sp³-hybridized carbons (Fsp3) is 0.409. The second kappa shape index (κ2) is 8.86. The van der Waals surface area contributed by atoms with Crippen LogP contribution >= 0.6 is 11.8 Å². The summed E-state index contributed by atoms with van der Waals surface area (Å²) < 4.78 is 0. The molecule has 0 saturated carbocycles. The highest BCUT2D eigenvalue weighted by Gasteiger charge is 2.19. The van der Waals surface area contributed by atoms with Crippen molar-refractivity contribution in [2.75, 3.05) is 23.4 Å². The first-order valence-corrected chi connectivity index (χ1v) is 11.3. The molecule has 29 heavy (non-hydrogen) atoms. The molecule has 0 atom stereocenters. The lowest BCUT2D eigenvalue weighted by Gasteiger charge is -2.22. The van der Waals surface area contributed by atoms with Crippen LogP contribution in [0.1, 0.15) is 37.0 Å². The fourth-order valence-corrected chi connectivity index (χ4v) is 4.88. The lowest BCUT2D eigenvalue weighted by Crippen LogP contribution is -2.31. The Hall–Kier alpha value is -2.54. The van der Waals surface area contributed by atoms with Crippen LogP contribution in [-0.2, 0) is 0 Å². The zero-order valence-corrected chi connectivity index (χ0v) is 17.7. The number of carbonyl (C=O) groups excluding carboxylic acids is 1. The number of benzene rings is 1. The highest BCUT2D eigenvalue weighted by Crippen LogP contribution is 2.31. The molecule has 1 aliphatic rings. The summed E-state index contributed by atoms with van der Waals surface area (Å²) in [7, 11) is 0. The van der Waals surface area contributed by atoms with Crippen molar-refractivity contribution in [2.45, 2.75) is 32.7 Å². The van der Waals surface area contributed by atoms with Gasteiger partial charge in [0, 0.05) is 35.9 Å². The van der Waals surface area contributed by atoms with E-state index >= 15 is 0 Å². The lowest BCUT2D eigenvalue weighted by molar-refractivity contribution is 0.0947. The van der Waals surface area contributed by atoms with E-state index in [1.807, 2.05) is 30.1 Å². The molecule has 3 aromatic rings. The van der Waals surface area contributed by atoms with Crippen molar-refractivity contribution in [1.82, 2.24) is 20.5 Å². The number of anilines is 1. The zero-order chi connectivity index (χ0) is 20.2. The van der Waals surface area contributed by atoms with Gasteiger partial charge in [-0.05, 0) is 61.8 Å². The largest absolute Gasteiger partial charge is 0.382 e. The number of fused-ring (bicyclic) bond motifs is 1. The molecule has 0 bridgehead atoms. The van der Waals surface area contributed by atoms with Gasteiger partial charge in [-0.2, -0.15) is 16.9 Å². The van der Waals surface area contributed by atoms with Gasteiger partial charge in [0.15, 0.2) is 0 Å². The molecule has 0 aliphatic carbocycles. The number of amides is 1. The highest BCUT2D eigenvalue weighted by molar-refractivity contribution is 7.99. The molecule has 0 spiro atoms. The smallest absolute Gasteiger partial charge is 0.254 e. The van der Waals surface area contributed by atoms with Gasteiger partial charge in [0.25, 0.3) is 5.91 Å². The number of hydrogen-bond donors (Lipinski definition) is 3. The van der Waals surface area contributed by atoms with E-state index in [1.54, 1.807) is 12.4 Å². The van der Waals surface area contributed by atoms with Crippen LogP contribution in [0.2, 0.25) is 0 Å². The number of thioether (sulfide) groups is 1. The Labute approximate surface area is 175 Å². The van der Waals surface area contributed by atoms with Gasteiger partial charge in [0.1, 0.15) is 0 Å². The minimum absolute atomic E-state index is 0.0607. The monoisotopic (exact) mass is 409 g/mol. The minimum Gasteiger partial charge on any atom is -0.382 e. The van der Waals surface area contributed by atoms with Gasteiger partial charge >= 0.3 is 0 Å². The van der Waals surface area contributed by atoms with Crippen molar-refractivity contribution in [3.63, 3.8) is 0 Å². The van der Waals surface area contributed by atoms with Gasteiger partial charge < -0.3 is 10.6 Å². The molecule has 152 valence electrons. The summed E-state index contributed by atoms with van der Waals surface area (Å²) in [5, 5.41) is 14.5. The molecule has 1 aliphatic heterocycles. The number of carbonyl (C=O) groups is 1. The van der Waals surface area contributed by atoms with E-state index in [4.69, 9.17) is 0 Å². The van der Waals surface area contributed by atoms with Crippen molar-refractivity contribution in [1.29, 1.82) is 0 Å². The van der Waals surface area contributed by atoms with Crippen molar-refractivity contribution in [3.05, 3.63) is 42.4 Å². The number of H-pyrrole nitrogens is 1. The first-order valence-electron chi connectivity index (χ1n) is 10.2. The average Bonchev–Trinajstić information content (AvgIpc) is 3.27. The summed E-state index contributed by atoms with van der Waals surface area (Å²) in [6.45, 7) is 4.88. The Morgan fingerprint density at radius 1 is 1.24 bits per heavy atom. The van der Waals surface area contributed by atoms with Crippen molar-refractivity contribution in [2.24, 2.45) is 5.92 Å². The molecular formula is C22H27N5OS. The molecule has 3 heterocycles. The number of rotatable bonds is 6. The summed E-state index contributed by atoms with van der Waals surface area (Å²) in [6, 6.07) is 6.29. The number of pyridine rings is 1. The maximum Gasteiger partial charge on any atom is 0.254 e. The van der Waals surface area contributed by atoms with E-state index < -0.39 is 0 Å². The molecule has 1 amide bonds. The number of aromatic nitrogens is 3. The first-order chi connectivity index (χ1) is 14.1. The molecule has 7 heteroatoms. The summed E-state index contributed by atoms with van der Waals surface area (Å²) in [5.41, 5.74) is 4.35. The Balaban J connectivity index is 1.67. The third-order valence-electron chi connectivity index (χ3n) is 5.27. The highest BCUT2D eigenvalue weighted by atomic mass is 32.2. The molecule has 0 radical (unpaired) electrons. The van der Waals surface area contributed by atoms with Crippen LogP contribution in [0, 0.1) is 5.92 Å². The topological polar surface area (TPSA) is 82.7 Å². The molecule has 3 N–H and O–H groups in total. The minimum atomic E-state index is -0.0607. The van der Waals surface area contributed by atoms with Crippen molar-refractivity contribution >= 4 is 34.3 Å². The van der Waals surface area contributed by atoms with E-state index in [1.165, 1.54) is 24.3 Å². The van der Waals surface area contributed by atoms with Gasteiger partial charge in [-0.3, -0.25) is 14.9 Å². The molecule has 1 saturated heterocycles. The number of nitrogens with zero attached hydrogens (tertiary/aromatic N) is 2. The van der Waals surface area contributed by atoms with Crippen LogP contribution in [0.5, 0.6) is 0 Å². The Morgan fingerprint density at radius 3 is 2.79 bits per heavy atom. The predicted molar refractivity (Wildman–Crippen MR) is 120 cm³/mol. The number of aromatic amines is 1. The van der Waals surface area contributed by atoms with Gasteiger partial charge in [0.2, 0.25) is 0 Å². The average molecular weight is 410 g/mol. The summed E-state index contributed by atoms with van der Waals surface area (Å²) in [6.07, 6.45) is 7.70. The van der Waals surface area contributed by atoms with Crippen LogP contribution in [0.3, 0.4) is 0 Å². The summed E-state index contributed by atoms with van der Waals surface area (Å²) >= 11 is 2.00. The molecule has 6 nitrogen and oxygen atoms in total. The van der Waals surface area contributed by atoms with Gasteiger partial charge in [-0.25, -0.2) is 0 Å². The SMILES string of the molecule is CC(C)Nc1c(C(=O)NCC2CCSCC2)cnc2ccc(-c3cn[nH]c3)cc12. The third-order valence-corrected chi connectivity index (χ3v) is 6.32. The number of nitrogens with one attached hydrogen (secondary N) is 3. The normalized spacial score (nSPS) is 15.0. The third kappa shape index (κ3) is 4.56. The molecule has 1 aromatic carbocycles. The molecule has 1 fully saturated rings. The predicted octanol–water partition coefficient (Wildman–Crippen LogP) is 4.32. The molecule has 2 aromatic heterocycles. The van der Waals surface area contributed by atoms with Crippen LogP contribution in [0.25, 0.3) is 22.0 Å². The van der Waals surface area contributed by atoms with Gasteiger partial charge in [-0.1, -0.05) is 6.07 Å². The zero-order valence-electron chi connectivity index (χ0n) is 16.9. The van der Waals surface area contributed by atoms with Crippen molar-refractivity contribution in [3.8, 4) is 11.1 Å². The first kappa shape index (κ1) is 19.8. The lowest BCUT2D eigenvalue weighted by atomic mass is 10.0. The van der Waals surface area contributed by atoms with Crippen molar-refractivity contribution < 1.29 is 4.79 Å². The van der Waals surface area contributed by atoms with Crippen LogP contribution in [0.15, 0.2) is 36.8 Å². The summed E-state index contributed by atoms with van der Waals surface area (Å²) in [5.74, 6) is 2.89. The Morgan fingerprint density at radius 2 is 2.07 bits per heavy atom. The van der Waals surface area contributed by atoms with E-state index in [0.717, 1.165) is 34.3 Å². The Bertz CT molecular complexity index is 980. The molecular weight excluding hydrogens is 382 g/mol. The molecule has 0 unspecified atom stereocenters. The van der Waals surface area contributed by atoms with E-state index in [-0.39, 0.29) is 11.9 Å². The second-order valence-electron chi connectivity index (χ2n) is 7.83. The summed E-state index contributed by atoms with van der Waals surface area (Å²) in [4.78, 5) is 17.6. The van der Waals surface area contributed by atoms with E-state index in [2.05, 4.69) is 45.7 Å². The van der Waals surface area contributed by atoms with Crippen LogP contribution in [-0.4, -0.2) is 45.2 Å². The standard InChI is InChI=1S/C22H27N5OS/c1-14(2)27-21-18-9-16(17-11-25-26-12-17)3-4-20(18)23-13-19(21)22(28)24-10-15-5-7-29-8-6-15/h3-4,9,11-15H,5-8,10H2,1-2H3,(H,23,27)(H,24,28)(H,25,26). The molecule has 4 rings (SSSR count). The van der Waals surface area contributed by atoms with Crippen LogP contribution in [0.4, 0.5) is 5.69 Å².